The quantitative estimate of drug-likeness (QED) is 0.358. The second-order valence-corrected chi connectivity index (χ2v) is 6.78. The molecular weight excluding hydrogens is 313 g/mol. The summed E-state index contributed by atoms with van der Waals surface area (Å²) in [6.45, 7) is 1.70. The Kier molecular flexibility index (Phi) is 4.82. The number of hydrogen-bond donors (Lipinski definition) is 2. The second-order valence-electron chi connectivity index (χ2n) is 4.32. The molecule has 0 aromatic heterocycles. The van der Waals surface area contributed by atoms with Crippen LogP contribution in [0.5, 0.6) is 0 Å². The molecule has 2 N–H and O–H groups in total. The van der Waals surface area contributed by atoms with E-state index in [2.05, 4.69) is 10.0 Å². The zero-order chi connectivity index (χ0) is 13.8. The minimum atomic E-state index is -1.09. The summed E-state index contributed by atoms with van der Waals surface area (Å²) in [5, 5.41) is 23.0. The van der Waals surface area contributed by atoms with Crippen LogP contribution in [-0.4, -0.2) is 54.5 Å². The standard InChI is InChI=1S/C12H15N3O3Se/c1-7-10(16)11(17)9(14-15-13)12(18-7)19-8-5-3-2-4-6-8/h2-7,9-12,16-17H,1H3/t7?,9?,10-,11+,12+/m0/s1. The summed E-state index contributed by atoms with van der Waals surface area (Å²) < 4.78 is 6.78. The molecule has 0 amide bonds. The van der Waals surface area contributed by atoms with Crippen molar-refractivity contribution in [2.24, 2.45) is 5.11 Å². The number of nitrogens with zero attached hydrogens (tertiary/aromatic N) is 3. The molecule has 0 aliphatic carbocycles. The average molecular weight is 328 g/mol. The van der Waals surface area contributed by atoms with E-state index in [0.717, 1.165) is 4.46 Å². The van der Waals surface area contributed by atoms with Crippen LogP contribution in [0.4, 0.5) is 0 Å². The number of rotatable bonds is 3. The van der Waals surface area contributed by atoms with Crippen LogP contribution in [-0.2, 0) is 4.74 Å². The van der Waals surface area contributed by atoms with Crippen molar-refractivity contribution in [3.63, 3.8) is 0 Å². The van der Waals surface area contributed by atoms with Gasteiger partial charge < -0.3 is 0 Å². The van der Waals surface area contributed by atoms with Crippen molar-refractivity contribution in [3.8, 4) is 0 Å². The van der Waals surface area contributed by atoms with Gasteiger partial charge >= 0.3 is 117 Å². The van der Waals surface area contributed by atoms with Gasteiger partial charge in [0, 0.05) is 0 Å². The van der Waals surface area contributed by atoms with Crippen molar-refractivity contribution in [3.05, 3.63) is 40.8 Å². The van der Waals surface area contributed by atoms with Crippen LogP contribution in [0.1, 0.15) is 6.92 Å². The molecule has 0 bridgehead atoms. The van der Waals surface area contributed by atoms with Gasteiger partial charge in [-0.25, -0.2) is 0 Å². The van der Waals surface area contributed by atoms with Gasteiger partial charge in [0.1, 0.15) is 0 Å². The molecule has 2 rings (SSSR count). The van der Waals surface area contributed by atoms with Crippen LogP contribution >= 0.6 is 0 Å². The first-order valence-electron chi connectivity index (χ1n) is 5.91. The Morgan fingerprint density at radius 2 is 1.95 bits per heavy atom. The van der Waals surface area contributed by atoms with Crippen LogP contribution in [0.15, 0.2) is 35.4 Å². The van der Waals surface area contributed by atoms with Crippen LogP contribution in [0.2, 0.25) is 0 Å². The Morgan fingerprint density at radius 1 is 1.26 bits per heavy atom. The molecule has 1 saturated heterocycles. The van der Waals surface area contributed by atoms with Gasteiger partial charge in [0.15, 0.2) is 0 Å². The van der Waals surface area contributed by atoms with Crippen molar-refractivity contribution in [2.75, 3.05) is 0 Å². The molecule has 5 atom stereocenters. The monoisotopic (exact) mass is 329 g/mol. The van der Waals surface area contributed by atoms with Gasteiger partial charge in [-0.1, -0.05) is 0 Å². The van der Waals surface area contributed by atoms with Gasteiger partial charge in [-0.3, -0.25) is 0 Å². The van der Waals surface area contributed by atoms with Gasteiger partial charge in [-0.05, 0) is 0 Å². The molecule has 102 valence electrons. The third-order valence-electron chi connectivity index (χ3n) is 2.99. The van der Waals surface area contributed by atoms with E-state index in [9.17, 15) is 10.2 Å². The Hall–Kier alpha value is -1.07. The summed E-state index contributed by atoms with van der Waals surface area (Å²) in [5.74, 6) is 0. The molecule has 0 spiro atoms. The zero-order valence-corrected chi connectivity index (χ0v) is 12.0. The van der Waals surface area contributed by atoms with Gasteiger partial charge in [-0.15, -0.1) is 0 Å². The van der Waals surface area contributed by atoms with Crippen molar-refractivity contribution in [1.82, 2.24) is 0 Å². The van der Waals surface area contributed by atoms with Crippen molar-refractivity contribution < 1.29 is 14.9 Å². The Bertz CT molecular complexity index is 467. The maximum atomic E-state index is 10.0. The first kappa shape index (κ1) is 14.3. The number of hydrogen-bond acceptors (Lipinski definition) is 4. The van der Waals surface area contributed by atoms with Crippen LogP contribution in [0.3, 0.4) is 0 Å². The van der Waals surface area contributed by atoms with E-state index < -0.39 is 24.4 Å². The van der Waals surface area contributed by atoms with Gasteiger partial charge in [0.05, 0.1) is 0 Å². The van der Waals surface area contributed by atoms with E-state index >= 15 is 0 Å². The van der Waals surface area contributed by atoms with E-state index in [0.29, 0.717) is 0 Å². The van der Waals surface area contributed by atoms with Crippen molar-refractivity contribution in [1.29, 1.82) is 0 Å². The summed E-state index contributed by atoms with van der Waals surface area (Å²) in [6.07, 6.45) is -2.59. The minimum absolute atomic E-state index is 0.102. The summed E-state index contributed by atoms with van der Waals surface area (Å²) >= 11 is -0.102. The molecule has 2 unspecified atom stereocenters. The summed E-state index contributed by atoms with van der Waals surface area (Å²) in [5.41, 5.74) is 8.59. The van der Waals surface area contributed by atoms with Gasteiger partial charge in [-0.2, -0.15) is 0 Å². The molecule has 1 fully saturated rings. The maximum absolute atomic E-state index is 10.0. The number of aliphatic hydroxyl groups excluding tert-OH is 2. The average Bonchev–Trinajstić information content (AvgIpc) is 2.42. The second kappa shape index (κ2) is 6.39. The molecule has 7 heteroatoms. The van der Waals surface area contributed by atoms with Gasteiger partial charge in [0.2, 0.25) is 0 Å². The molecule has 1 aromatic rings. The Labute approximate surface area is 117 Å². The fraction of sp³-hybridized carbons (Fsp3) is 0.500. The van der Waals surface area contributed by atoms with Crippen molar-refractivity contribution >= 4 is 19.4 Å². The number of aliphatic hydroxyl groups is 2. The van der Waals surface area contributed by atoms with E-state index in [1.54, 1.807) is 6.92 Å². The first-order chi connectivity index (χ1) is 9.13. The van der Waals surface area contributed by atoms with Crippen molar-refractivity contribution in [2.45, 2.75) is 36.3 Å². The summed E-state index contributed by atoms with van der Waals surface area (Å²) in [7, 11) is 0. The molecule has 1 aromatic carbocycles. The number of azide groups is 1. The normalized spacial score (nSPS) is 34.6. The predicted molar refractivity (Wildman–Crippen MR) is 71.1 cm³/mol. The van der Waals surface area contributed by atoms with Crippen LogP contribution in [0.25, 0.3) is 10.4 Å². The third-order valence-corrected chi connectivity index (χ3v) is 5.44. The molecule has 0 saturated carbocycles. The molecule has 1 aliphatic rings. The predicted octanol–water partition coefficient (Wildman–Crippen LogP) is 0.162. The number of benzene rings is 1. The fourth-order valence-corrected chi connectivity index (χ4v) is 4.38. The molecular formula is C12H15N3O3Se. The first-order valence-corrected chi connectivity index (χ1v) is 7.75. The molecule has 1 heterocycles. The van der Waals surface area contributed by atoms with Crippen LogP contribution < -0.4 is 4.46 Å². The zero-order valence-electron chi connectivity index (χ0n) is 10.3. The molecule has 6 nitrogen and oxygen atoms in total. The summed E-state index contributed by atoms with van der Waals surface area (Å²) in [6, 6.07) is 8.97. The number of ether oxygens (including phenoxy) is 1. The van der Waals surface area contributed by atoms with Crippen LogP contribution in [0, 0.1) is 0 Å². The van der Waals surface area contributed by atoms with E-state index in [4.69, 9.17) is 10.3 Å². The topological polar surface area (TPSA) is 98.5 Å². The SMILES string of the molecule is CC1O[C@H]([Se]c2ccccc2)C(N=[N+]=[N-])[C@@H](O)[C@H]1O. The fourth-order valence-electron chi connectivity index (χ4n) is 1.93. The van der Waals surface area contributed by atoms with Gasteiger partial charge in [0.25, 0.3) is 0 Å². The van der Waals surface area contributed by atoms with E-state index in [1.165, 1.54) is 0 Å². The summed E-state index contributed by atoms with van der Waals surface area (Å²) in [4.78, 5) is 2.75. The Morgan fingerprint density at radius 3 is 2.58 bits per heavy atom. The Balaban J connectivity index is 2.18. The molecule has 19 heavy (non-hydrogen) atoms. The third kappa shape index (κ3) is 3.28. The van der Waals surface area contributed by atoms with E-state index in [1.807, 2.05) is 30.3 Å². The molecule has 0 radical (unpaired) electrons. The molecule has 1 aliphatic heterocycles. The van der Waals surface area contributed by atoms with E-state index in [-0.39, 0.29) is 20.0 Å².